The first-order valence-corrected chi connectivity index (χ1v) is 7.08. The molecule has 1 heterocycles. The summed E-state index contributed by atoms with van der Waals surface area (Å²) in [6.07, 6.45) is 9.85. The van der Waals surface area contributed by atoms with E-state index in [-0.39, 0.29) is 61.8 Å². The van der Waals surface area contributed by atoms with Gasteiger partial charge in [0.15, 0.2) is 0 Å². The molecule has 0 spiro atoms. The minimum atomic E-state index is -0.225. The van der Waals surface area contributed by atoms with Gasteiger partial charge in [-0.25, -0.2) is 0 Å². The van der Waals surface area contributed by atoms with E-state index in [0.717, 1.165) is 11.3 Å². The number of carbonyl (C=O) groups is 2. The SMILES string of the molecule is C.CC(=O)N(C)C(C)=O.CN1CCCCC1.[2HH].[B].[CH2-]CC=[C-]C.[Y]. The Balaban J connectivity index is -0.0000000477. The van der Waals surface area contributed by atoms with Gasteiger partial charge in [-0.2, -0.15) is 13.3 Å². The molecule has 1 fully saturated rings. The largest absolute Gasteiger partial charge is 0.506 e. The van der Waals surface area contributed by atoms with Crippen LogP contribution in [0.3, 0.4) is 0 Å². The van der Waals surface area contributed by atoms with Crippen LogP contribution in [0.1, 0.15) is 55.3 Å². The van der Waals surface area contributed by atoms with Crippen molar-refractivity contribution in [1.82, 2.24) is 9.80 Å². The van der Waals surface area contributed by atoms with Crippen LogP contribution in [0.4, 0.5) is 0 Å². The summed E-state index contributed by atoms with van der Waals surface area (Å²) < 4.78 is 0. The smallest absolute Gasteiger partial charge is 0.225 e. The fraction of sp³-hybridized carbons (Fsp3) is 0.706. The van der Waals surface area contributed by atoms with Crippen LogP contribution in [0, 0.1) is 13.0 Å². The Morgan fingerprint density at radius 3 is 1.70 bits per heavy atom. The molecule has 2 amide bonds. The summed E-state index contributed by atoms with van der Waals surface area (Å²) in [4.78, 5) is 24.0. The Kier molecular flexibility index (Phi) is 36.3. The number of carbonyl (C=O) groups excluding carboxylic acids is 2. The summed E-state index contributed by atoms with van der Waals surface area (Å²) in [5.74, 6) is -0.449. The predicted octanol–water partition coefficient (Wildman–Crippen LogP) is 3.20. The molecule has 134 valence electrons. The van der Waals surface area contributed by atoms with Gasteiger partial charge in [-0.1, -0.05) is 13.8 Å². The molecule has 1 saturated heterocycles. The summed E-state index contributed by atoms with van der Waals surface area (Å²) in [5.41, 5.74) is 0. The number of hydrogen-bond acceptors (Lipinski definition) is 3. The van der Waals surface area contributed by atoms with Gasteiger partial charge in [-0.15, -0.1) is 0 Å². The zero-order chi connectivity index (χ0) is 16.0. The second-order valence-corrected chi connectivity index (χ2v) is 4.74. The van der Waals surface area contributed by atoms with E-state index in [2.05, 4.69) is 24.9 Å². The van der Waals surface area contributed by atoms with Gasteiger partial charge in [0.2, 0.25) is 11.8 Å². The summed E-state index contributed by atoms with van der Waals surface area (Å²) >= 11 is 0. The van der Waals surface area contributed by atoms with E-state index >= 15 is 0 Å². The number of piperidine rings is 1. The van der Waals surface area contributed by atoms with E-state index in [1.165, 1.54) is 53.2 Å². The topological polar surface area (TPSA) is 40.6 Å². The number of amides is 2. The van der Waals surface area contributed by atoms with Crippen molar-refractivity contribution in [2.24, 2.45) is 0 Å². The van der Waals surface area contributed by atoms with Gasteiger partial charge in [0.25, 0.3) is 0 Å². The van der Waals surface area contributed by atoms with Gasteiger partial charge < -0.3 is 24.0 Å². The Labute approximate surface area is 173 Å². The molecule has 1 rings (SSSR count). The number of likely N-dealkylation sites (tertiary alicyclic amines) is 1. The Bertz CT molecular complexity index is 286. The molecule has 0 bridgehead atoms. The number of imide groups is 1. The summed E-state index contributed by atoms with van der Waals surface area (Å²) in [5, 5.41) is 0. The molecule has 0 unspecified atom stereocenters. The number of rotatable bonds is 1. The number of allylic oxidation sites excluding steroid dienone is 2. The van der Waals surface area contributed by atoms with E-state index in [0.29, 0.717) is 0 Å². The van der Waals surface area contributed by atoms with E-state index in [1.807, 2.05) is 13.0 Å². The van der Waals surface area contributed by atoms with Crippen molar-refractivity contribution in [2.45, 2.75) is 53.9 Å². The average molecular weight is 401 g/mol. The van der Waals surface area contributed by atoms with Crippen LogP contribution >= 0.6 is 0 Å². The van der Waals surface area contributed by atoms with Crippen LogP contribution in [0.15, 0.2) is 6.08 Å². The molecule has 6 heteroatoms. The van der Waals surface area contributed by atoms with Crippen molar-refractivity contribution >= 4 is 20.2 Å². The van der Waals surface area contributed by atoms with Gasteiger partial charge in [0.1, 0.15) is 0 Å². The van der Waals surface area contributed by atoms with Crippen molar-refractivity contribution in [3.63, 3.8) is 0 Å². The van der Waals surface area contributed by atoms with Gasteiger partial charge in [-0.05, 0) is 33.0 Å². The van der Waals surface area contributed by atoms with E-state index in [1.54, 1.807) is 0 Å². The third-order valence-electron chi connectivity index (χ3n) is 2.87. The molecule has 0 saturated carbocycles. The normalized spacial score (nSPS) is 12.8. The molecule has 0 aliphatic carbocycles. The van der Waals surface area contributed by atoms with Crippen LogP contribution in [-0.2, 0) is 42.3 Å². The molecule has 1 aliphatic heterocycles. The van der Waals surface area contributed by atoms with E-state index in [9.17, 15) is 9.59 Å². The van der Waals surface area contributed by atoms with Gasteiger partial charge in [0, 0.05) is 63.4 Å². The Hall–Kier alpha value is 0.00883. The molecule has 4 nitrogen and oxygen atoms in total. The molecule has 0 aromatic carbocycles. The maximum atomic E-state index is 10.3. The molecule has 1 aliphatic rings. The van der Waals surface area contributed by atoms with E-state index in [4.69, 9.17) is 0 Å². The van der Waals surface area contributed by atoms with Crippen molar-refractivity contribution in [3.05, 3.63) is 19.1 Å². The first-order chi connectivity index (χ1) is 9.36. The molecule has 0 aromatic rings. The average Bonchev–Trinajstić information content (AvgIpc) is 2.41. The quantitative estimate of drug-likeness (QED) is 0.501. The second-order valence-electron chi connectivity index (χ2n) is 4.74. The first-order valence-electron chi connectivity index (χ1n) is 7.08. The molecule has 23 heavy (non-hydrogen) atoms. The van der Waals surface area contributed by atoms with Crippen LogP contribution < -0.4 is 0 Å². The Morgan fingerprint density at radius 1 is 1.22 bits per heavy atom. The molecule has 0 N–H and O–H groups in total. The summed E-state index contributed by atoms with van der Waals surface area (Å²) in [6.45, 7) is 10.8. The monoisotopic (exact) mass is 401 g/mol. The third kappa shape index (κ3) is 27.2. The minimum absolute atomic E-state index is 0. The number of nitrogens with zero attached hydrogens (tertiary/aromatic N) is 2. The van der Waals surface area contributed by atoms with Gasteiger partial charge >= 0.3 is 0 Å². The molecular formula is C17H36BN2O2Y-2. The van der Waals surface area contributed by atoms with Gasteiger partial charge in [-0.3, -0.25) is 14.5 Å². The number of hydrogen-bond donors (Lipinski definition) is 0. The van der Waals surface area contributed by atoms with Crippen molar-refractivity contribution < 1.29 is 43.7 Å². The van der Waals surface area contributed by atoms with E-state index < -0.39 is 0 Å². The zero-order valence-electron chi connectivity index (χ0n) is 14.9. The Morgan fingerprint density at radius 2 is 1.61 bits per heavy atom. The second kappa shape index (κ2) is 24.3. The van der Waals surface area contributed by atoms with Crippen LogP contribution in [-0.4, -0.2) is 57.2 Å². The first kappa shape index (κ1) is 34.4. The molecule has 0 atom stereocenters. The molecular weight excluding hydrogens is 364 g/mol. The fourth-order valence-electron chi connectivity index (χ4n) is 1.42. The van der Waals surface area contributed by atoms with Gasteiger partial charge in [0.05, 0.1) is 0 Å². The van der Waals surface area contributed by atoms with Crippen molar-refractivity contribution in [2.75, 3.05) is 27.2 Å². The van der Waals surface area contributed by atoms with Crippen LogP contribution in [0.5, 0.6) is 0 Å². The minimum Gasteiger partial charge on any atom is -0.506 e. The summed E-state index contributed by atoms with van der Waals surface area (Å²) in [6, 6.07) is 0. The predicted molar refractivity (Wildman–Crippen MR) is 98.5 cm³/mol. The fourth-order valence-corrected chi connectivity index (χ4v) is 1.42. The van der Waals surface area contributed by atoms with Crippen molar-refractivity contribution in [1.29, 1.82) is 0 Å². The van der Waals surface area contributed by atoms with Crippen LogP contribution in [0.25, 0.3) is 0 Å². The molecule has 0 aromatic heterocycles. The third-order valence-corrected chi connectivity index (χ3v) is 2.87. The maximum Gasteiger partial charge on any atom is 0.225 e. The molecule has 4 radical (unpaired) electrons. The van der Waals surface area contributed by atoms with Crippen molar-refractivity contribution in [3.8, 4) is 0 Å². The zero-order valence-corrected chi connectivity index (χ0v) is 17.7. The summed E-state index contributed by atoms with van der Waals surface area (Å²) in [7, 11) is 3.64. The van der Waals surface area contributed by atoms with Crippen LogP contribution in [0.2, 0.25) is 0 Å². The standard InChI is InChI=1S/C6H13N.C5H9NO2.C5H8.CH4.B.Y.H2/c1-7-5-3-2-4-6-7;1-4(7)6(3)5(2)8;1-3-5-4-2;;;;/h2-6H2,1H3;1-3H3;5H,1,3H2,2H3;1H4;;;1H/q;;-2;;;;/i;;;;;;1+1. The maximum absolute atomic E-state index is 10.3.